The summed E-state index contributed by atoms with van der Waals surface area (Å²) in [6.45, 7) is 0.992. The number of piperazine rings is 1. The van der Waals surface area contributed by atoms with Crippen LogP contribution in [0.25, 0.3) is 16.9 Å². The van der Waals surface area contributed by atoms with Crippen LogP contribution in [0.15, 0.2) is 49.1 Å². The Labute approximate surface area is 250 Å². The van der Waals surface area contributed by atoms with Gasteiger partial charge in [-0.25, -0.2) is 9.50 Å². The maximum Gasteiger partial charge on any atom is 0.387 e. The molecule has 1 aromatic carbocycles. The Morgan fingerprint density at radius 3 is 2.72 bits per heavy atom. The monoisotopic (exact) mass is 614 g/mol. The number of aromatic nitrogens is 5. The highest BCUT2D eigenvalue weighted by Crippen LogP contribution is 2.37. The molecule has 2 aliphatic rings. The van der Waals surface area contributed by atoms with Crippen LogP contribution in [0.2, 0.25) is 5.02 Å². The summed E-state index contributed by atoms with van der Waals surface area (Å²) in [6.07, 6.45) is 8.02. The SMILES string of the molecule is O=C(Nc1cn(CC(=O)N2CCN(C3CCOCC3)CC2)nc1-c1cc(Cl)ccc1OC(F)F)c1cnn2cccnc12. The zero-order valence-corrected chi connectivity index (χ0v) is 23.8. The summed E-state index contributed by atoms with van der Waals surface area (Å²) in [4.78, 5) is 35.0. The van der Waals surface area contributed by atoms with Crippen LogP contribution >= 0.6 is 11.6 Å². The smallest absolute Gasteiger partial charge is 0.387 e. The molecule has 0 atom stereocenters. The number of nitrogens with zero attached hydrogens (tertiary/aromatic N) is 7. The molecule has 15 heteroatoms. The van der Waals surface area contributed by atoms with E-state index in [0.29, 0.717) is 24.8 Å². The molecule has 0 unspecified atom stereocenters. The van der Waals surface area contributed by atoms with Gasteiger partial charge in [0.15, 0.2) is 5.65 Å². The van der Waals surface area contributed by atoms with E-state index in [4.69, 9.17) is 21.1 Å². The number of alkyl halides is 2. The molecule has 2 amide bonds. The number of halogens is 3. The van der Waals surface area contributed by atoms with Crippen LogP contribution in [-0.4, -0.2) is 98.0 Å². The minimum absolute atomic E-state index is 0.105. The number of rotatable bonds is 8. The van der Waals surface area contributed by atoms with Gasteiger partial charge in [-0.05, 0) is 37.1 Å². The molecule has 4 aromatic rings. The van der Waals surface area contributed by atoms with Crippen molar-refractivity contribution in [3.05, 3.63) is 59.6 Å². The Bertz CT molecular complexity index is 1620. The van der Waals surface area contributed by atoms with Crippen LogP contribution in [0.3, 0.4) is 0 Å². The molecule has 5 heterocycles. The number of carbonyl (C=O) groups excluding carboxylic acids is 2. The number of fused-ring (bicyclic) bond motifs is 1. The number of amides is 2. The lowest BCUT2D eigenvalue weighted by molar-refractivity contribution is -0.134. The van der Waals surface area contributed by atoms with E-state index in [0.717, 1.165) is 39.1 Å². The van der Waals surface area contributed by atoms with E-state index in [1.807, 2.05) is 0 Å². The average molecular weight is 615 g/mol. The van der Waals surface area contributed by atoms with Gasteiger partial charge in [-0.15, -0.1) is 0 Å². The number of ether oxygens (including phenoxy) is 2. The van der Waals surface area contributed by atoms with Crippen LogP contribution in [0, 0.1) is 0 Å². The molecule has 2 saturated heterocycles. The van der Waals surface area contributed by atoms with Crippen LogP contribution in [0.1, 0.15) is 23.2 Å². The zero-order chi connectivity index (χ0) is 29.9. The molecule has 0 spiro atoms. The highest BCUT2D eigenvalue weighted by molar-refractivity contribution is 6.31. The second-order valence-electron chi connectivity index (χ2n) is 10.3. The van der Waals surface area contributed by atoms with E-state index in [1.54, 1.807) is 17.2 Å². The molecule has 2 fully saturated rings. The zero-order valence-electron chi connectivity index (χ0n) is 23.0. The summed E-state index contributed by atoms with van der Waals surface area (Å²) < 4.78 is 39.5. The molecule has 0 saturated carbocycles. The van der Waals surface area contributed by atoms with E-state index in [1.165, 1.54) is 46.0 Å². The predicted octanol–water partition coefficient (Wildman–Crippen LogP) is 3.42. The molecule has 2 aliphatic heterocycles. The van der Waals surface area contributed by atoms with Crippen LogP contribution in [-0.2, 0) is 16.1 Å². The van der Waals surface area contributed by atoms with Gasteiger partial charge in [-0.2, -0.15) is 19.0 Å². The molecule has 3 aromatic heterocycles. The van der Waals surface area contributed by atoms with Gasteiger partial charge in [0.05, 0.1) is 11.9 Å². The molecule has 1 N–H and O–H groups in total. The topological polar surface area (TPSA) is 119 Å². The fourth-order valence-electron chi connectivity index (χ4n) is 5.48. The van der Waals surface area contributed by atoms with Crippen molar-refractivity contribution >= 4 is 34.7 Å². The number of benzene rings is 1. The summed E-state index contributed by atoms with van der Waals surface area (Å²) in [7, 11) is 0. The minimum Gasteiger partial charge on any atom is -0.434 e. The van der Waals surface area contributed by atoms with Crippen molar-refractivity contribution in [2.45, 2.75) is 32.0 Å². The van der Waals surface area contributed by atoms with Gasteiger partial charge in [-0.3, -0.25) is 19.2 Å². The first kappa shape index (κ1) is 29.0. The quantitative estimate of drug-likeness (QED) is 0.321. The number of hydrogen-bond donors (Lipinski definition) is 1. The predicted molar refractivity (Wildman–Crippen MR) is 152 cm³/mol. The first-order valence-corrected chi connectivity index (χ1v) is 14.2. The summed E-state index contributed by atoms with van der Waals surface area (Å²) in [5, 5.41) is 11.7. The molecule has 0 radical (unpaired) electrons. The van der Waals surface area contributed by atoms with E-state index in [2.05, 4.69) is 25.4 Å². The number of anilines is 1. The van der Waals surface area contributed by atoms with Gasteiger partial charge >= 0.3 is 6.61 Å². The van der Waals surface area contributed by atoms with Gasteiger partial charge in [0, 0.05) is 74.6 Å². The van der Waals surface area contributed by atoms with Gasteiger partial charge in [0.2, 0.25) is 5.91 Å². The third-order valence-electron chi connectivity index (χ3n) is 7.62. The Hall–Kier alpha value is -4.14. The summed E-state index contributed by atoms with van der Waals surface area (Å²) in [5.41, 5.74) is 0.908. The van der Waals surface area contributed by atoms with E-state index in [-0.39, 0.29) is 45.7 Å². The standard InChI is InChI=1S/C28H29ClF2N8O4/c29-18-2-3-23(43-28(30)31)20(14-18)25-22(34-27(41)21-15-33-39-7-1-6-32-26(21)39)16-38(35-25)17-24(40)37-10-8-36(9-11-37)19-4-12-42-13-5-19/h1-3,6-7,14-16,19,28H,4-5,8-13,17H2,(H,34,41). The fraction of sp³-hybridized carbons (Fsp3) is 0.393. The maximum atomic E-state index is 13.3. The van der Waals surface area contributed by atoms with E-state index >= 15 is 0 Å². The van der Waals surface area contributed by atoms with Crippen molar-refractivity contribution in [1.82, 2.24) is 34.2 Å². The second kappa shape index (κ2) is 12.6. The van der Waals surface area contributed by atoms with E-state index < -0.39 is 12.5 Å². The van der Waals surface area contributed by atoms with Gasteiger partial charge in [0.1, 0.15) is 23.6 Å². The van der Waals surface area contributed by atoms with Gasteiger partial charge in [-0.1, -0.05) is 11.6 Å². The van der Waals surface area contributed by atoms with Crippen molar-refractivity contribution in [1.29, 1.82) is 0 Å². The average Bonchev–Trinajstić information content (AvgIpc) is 3.62. The number of hydrogen-bond acceptors (Lipinski definition) is 8. The lowest BCUT2D eigenvalue weighted by atomic mass is 10.1. The van der Waals surface area contributed by atoms with Crippen LogP contribution < -0.4 is 10.1 Å². The van der Waals surface area contributed by atoms with Gasteiger partial charge in [0.25, 0.3) is 5.91 Å². The highest BCUT2D eigenvalue weighted by atomic mass is 35.5. The Balaban J connectivity index is 1.25. The Morgan fingerprint density at radius 1 is 1.16 bits per heavy atom. The second-order valence-corrected chi connectivity index (χ2v) is 10.7. The highest BCUT2D eigenvalue weighted by Gasteiger charge is 2.28. The fourth-order valence-corrected chi connectivity index (χ4v) is 5.65. The molecule has 0 aliphatic carbocycles. The van der Waals surface area contributed by atoms with Crippen LogP contribution in [0.5, 0.6) is 5.75 Å². The van der Waals surface area contributed by atoms with Crippen molar-refractivity contribution < 1.29 is 27.8 Å². The first-order chi connectivity index (χ1) is 20.9. The lowest BCUT2D eigenvalue weighted by Crippen LogP contribution is -2.53. The lowest BCUT2D eigenvalue weighted by Gasteiger charge is -2.40. The van der Waals surface area contributed by atoms with Gasteiger partial charge < -0.3 is 19.7 Å². The molecular weight excluding hydrogens is 586 g/mol. The van der Waals surface area contributed by atoms with E-state index in [9.17, 15) is 18.4 Å². The Kier molecular flexibility index (Phi) is 8.49. The molecular formula is C28H29ClF2N8O4. The molecule has 43 heavy (non-hydrogen) atoms. The molecule has 226 valence electrons. The molecule has 6 rings (SSSR count). The number of nitrogens with one attached hydrogen (secondary N) is 1. The van der Waals surface area contributed by atoms with Crippen molar-refractivity contribution in [2.75, 3.05) is 44.7 Å². The minimum atomic E-state index is -3.11. The van der Waals surface area contributed by atoms with Crippen molar-refractivity contribution in [3.8, 4) is 17.0 Å². The largest absolute Gasteiger partial charge is 0.434 e. The maximum absolute atomic E-state index is 13.3. The summed E-state index contributed by atoms with van der Waals surface area (Å²) in [5.74, 6) is -0.891. The third kappa shape index (κ3) is 6.45. The van der Waals surface area contributed by atoms with Crippen molar-refractivity contribution in [3.63, 3.8) is 0 Å². The first-order valence-electron chi connectivity index (χ1n) is 13.9. The third-order valence-corrected chi connectivity index (χ3v) is 7.85. The summed E-state index contributed by atoms with van der Waals surface area (Å²) >= 11 is 6.21. The molecule has 0 bridgehead atoms. The molecule has 12 nitrogen and oxygen atoms in total. The van der Waals surface area contributed by atoms with Crippen molar-refractivity contribution in [2.24, 2.45) is 0 Å². The Morgan fingerprint density at radius 2 is 1.95 bits per heavy atom. The van der Waals surface area contributed by atoms with Crippen LogP contribution in [0.4, 0.5) is 14.5 Å². The summed E-state index contributed by atoms with van der Waals surface area (Å²) in [6, 6.07) is 6.26. The number of carbonyl (C=O) groups is 2. The normalized spacial score (nSPS) is 16.6.